The van der Waals surface area contributed by atoms with Crippen molar-refractivity contribution in [1.82, 2.24) is 15.1 Å². The number of likely N-dealkylation sites (N-methyl/N-ethyl adjacent to an activating group) is 1. The summed E-state index contributed by atoms with van der Waals surface area (Å²) in [6.45, 7) is 6.30. The van der Waals surface area contributed by atoms with Crippen molar-refractivity contribution in [2.75, 3.05) is 11.4 Å². The fraction of sp³-hybridized carbons (Fsp3) is 0.393. The average Bonchev–Trinajstić information content (AvgIpc) is 3.49. The van der Waals surface area contributed by atoms with Crippen LogP contribution in [0.15, 0.2) is 48.5 Å². The molecule has 2 atom stereocenters. The number of aryl methyl sites for hydroxylation is 2. The molecule has 1 aromatic heterocycles. The Hall–Kier alpha value is -3.48. The number of hydrogen-bond acceptors (Lipinski definition) is 3. The molecule has 3 aromatic rings. The van der Waals surface area contributed by atoms with Gasteiger partial charge in [-0.2, -0.15) is 5.10 Å². The first-order valence-electron chi connectivity index (χ1n) is 12.4. The van der Waals surface area contributed by atoms with Gasteiger partial charge in [-0.05, 0) is 63.4 Å². The first kappa shape index (κ1) is 23.3. The van der Waals surface area contributed by atoms with Crippen molar-refractivity contribution < 1.29 is 14.0 Å². The molecule has 1 N–H and O–H groups in total. The predicted octanol–water partition coefficient (Wildman–Crippen LogP) is 5.05. The van der Waals surface area contributed by atoms with Crippen LogP contribution in [0, 0.1) is 19.7 Å². The van der Waals surface area contributed by atoms with Crippen LogP contribution in [0.1, 0.15) is 77.3 Å². The summed E-state index contributed by atoms with van der Waals surface area (Å²) in [4.78, 5) is 29.0. The van der Waals surface area contributed by atoms with Crippen LogP contribution in [0.3, 0.4) is 0 Å². The third-order valence-electron chi connectivity index (χ3n) is 7.32. The van der Waals surface area contributed by atoms with E-state index in [9.17, 15) is 14.0 Å². The molecule has 35 heavy (non-hydrogen) atoms. The highest BCUT2D eigenvalue weighted by Gasteiger charge is 2.46. The minimum atomic E-state index is -0.833. The van der Waals surface area contributed by atoms with Crippen LogP contribution in [-0.2, 0) is 4.79 Å². The van der Waals surface area contributed by atoms with E-state index in [2.05, 4.69) is 5.32 Å². The van der Waals surface area contributed by atoms with Crippen LogP contribution in [0.2, 0.25) is 0 Å². The number of halogens is 1. The van der Waals surface area contributed by atoms with E-state index in [1.54, 1.807) is 23.1 Å². The Morgan fingerprint density at radius 2 is 1.83 bits per heavy atom. The van der Waals surface area contributed by atoms with Gasteiger partial charge in [-0.15, -0.1) is 0 Å². The lowest BCUT2D eigenvalue weighted by Gasteiger charge is -2.39. The lowest BCUT2D eigenvalue weighted by molar-refractivity contribution is -0.121. The van der Waals surface area contributed by atoms with E-state index < -0.39 is 12.0 Å². The molecule has 5 rings (SSSR count). The number of carbonyl (C=O) groups excluding carboxylic acids is 2. The smallest absolute Gasteiger partial charge is 0.251 e. The second-order valence-corrected chi connectivity index (χ2v) is 9.64. The first-order chi connectivity index (χ1) is 16.9. The quantitative estimate of drug-likeness (QED) is 0.563. The van der Waals surface area contributed by atoms with Gasteiger partial charge in [0.2, 0.25) is 0 Å². The molecule has 2 aliphatic rings. The van der Waals surface area contributed by atoms with Crippen molar-refractivity contribution in [3.8, 4) is 0 Å². The maximum Gasteiger partial charge on any atom is 0.251 e. The molecular weight excluding hydrogens is 443 g/mol. The van der Waals surface area contributed by atoms with Crippen molar-refractivity contribution in [2.24, 2.45) is 0 Å². The molecule has 6 nitrogen and oxygen atoms in total. The number of amides is 2. The topological polar surface area (TPSA) is 67.2 Å². The molecule has 0 saturated heterocycles. The van der Waals surface area contributed by atoms with Crippen LogP contribution in [0.5, 0.6) is 0 Å². The number of aromatic nitrogens is 2. The van der Waals surface area contributed by atoms with Crippen molar-refractivity contribution >= 4 is 17.6 Å². The Morgan fingerprint density at radius 1 is 1.11 bits per heavy atom. The van der Waals surface area contributed by atoms with Crippen LogP contribution in [0.4, 0.5) is 10.2 Å². The highest BCUT2D eigenvalue weighted by atomic mass is 19.1. The molecule has 0 bridgehead atoms. The van der Waals surface area contributed by atoms with E-state index >= 15 is 0 Å². The predicted molar refractivity (Wildman–Crippen MR) is 133 cm³/mol. The van der Waals surface area contributed by atoms with Crippen LogP contribution < -0.4 is 10.2 Å². The van der Waals surface area contributed by atoms with Crippen LogP contribution in [0.25, 0.3) is 0 Å². The van der Waals surface area contributed by atoms with Gasteiger partial charge in [-0.25, -0.2) is 9.07 Å². The van der Waals surface area contributed by atoms with Crippen molar-refractivity contribution in [3.05, 3.63) is 82.3 Å². The summed E-state index contributed by atoms with van der Waals surface area (Å²) in [5.74, 6) is -0.471. The molecule has 2 heterocycles. The van der Waals surface area contributed by atoms with E-state index in [1.165, 1.54) is 12.1 Å². The van der Waals surface area contributed by atoms with E-state index in [0.29, 0.717) is 12.1 Å². The summed E-state index contributed by atoms with van der Waals surface area (Å²) in [5.41, 5.74) is 4.01. The number of hydrogen-bond donors (Lipinski definition) is 1. The minimum Gasteiger partial charge on any atom is -0.339 e. The zero-order valence-electron chi connectivity index (χ0n) is 20.4. The van der Waals surface area contributed by atoms with Gasteiger partial charge >= 0.3 is 0 Å². The fourth-order valence-corrected chi connectivity index (χ4v) is 5.66. The van der Waals surface area contributed by atoms with Crippen molar-refractivity contribution in [3.63, 3.8) is 0 Å². The summed E-state index contributed by atoms with van der Waals surface area (Å²) in [5, 5.41) is 7.95. The van der Waals surface area contributed by atoms with E-state index in [-0.39, 0.29) is 23.7 Å². The molecular formula is C28H31FN4O2. The van der Waals surface area contributed by atoms with Gasteiger partial charge in [0.05, 0.1) is 11.7 Å². The first-order valence-corrected chi connectivity index (χ1v) is 12.4. The van der Waals surface area contributed by atoms with Crippen molar-refractivity contribution in [2.45, 2.75) is 64.5 Å². The Bertz CT molecular complexity index is 1260. The third-order valence-corrected chi connectivity index (χ3v) is 7.32. The maximum absolute atomic E-state index is 14.0. The number of fused-ring (bicyclic) bond motifs is 1. The fourth-order valence-electron chi connectivity index (χ4n) is 5.66. The van der Waals surface area contributed by atoms with Gasteiger partial charge in [-0.3, -0.25) is 14.5 Å². The number of benzene rings is 2. The Labute approximate surface area is 205 Å². The lowest BCUT2D eigenvalue weighted by Crippen LogP contribution is -2.55. The number of nitrogens with zero attached hydrogens (tertiary/aromatic N) is 3. The van der Waals surface area contributed by atoms with Crippen LogP contribution in [-0.4, -0.2) is 34.2 Å². The maximum atomic E-state index is 14.0. The number of carbonyl (C=O) groups is 2. The van der Waals surface area contributed by atoms with Gasteiger partial charge < -0.3 is 5.32 Å². The normalized spacial score (nSPS) is 20.2. The molecule has 0 spiro atoms. The van der Waals surface area contributed by atoms with Gasteiger partial charge in [-0.1, -0.05) is 42.7 Å². The van der Waals surface area contributed by atoms with Gasteiger partial charge in [0.15, 0.2) is 0 Å². The molecule has 7 heteroatoms. The summed E-state index contributed by atoms with van der Waals surface area (Å²) < 4.78 is 15.9. The second-order valence-electron chi connectivity index (χ2n) is 9.64. The molecule has 1 saturated carbocycles. The summed E-state index contributed by atoms with van der Waals surface area (Å²) in [7, 11) is 0. The average molecular weight is 475 g/mol. The number of anilines is 1. The van der Waals surface area contributed by atoms with Gasteiger partial charge in [0, 0.05) is 23.6 Å². The second kappa shape index (κ2) is 9.29. The Kier molecular flexibility index (Phi) is 6.17. The Balaban J connectivity index is 1.64. The lowest BCUT2D eigenvalue weighted by atomic mass is 9.81. The van der Waals surface area contributed by atoms with Gasteiger partial charge in [0.1, 0.15) is 17.7 Å². The molecule has 1 fully saturated rings. The third kappa shape index (κ3) is 4.13. The molecule has 182 valence electrons. The zero-order valence-corrected chi connectivity index (χ0v) is 20.4. The molecule has 1 unspecified atom stereocenters. The van der Waals surface area contributed by atoms with Crippen molar-refractivity contribution in [1.29, 1.82) is 0 Å². The Morgan fingerprint density at radius 3 is 2.49 bits per heavy atom. The number of nitrogens with one attached hydrogen (secondary N) is 1. The molecule has 2 aromatic carbocycles. The summed E-state index contributed by atoms with van der Waals surface area (Å²) in [6, 6.07) is 13.0. The number of rotatable bonds is 5. The van der Waals surface area contributed by atoms with E-state index in [1.807, 2.05) is 43.7 Å². The summed E-state index contributed by atoms with van der Waals surface area (Å²) >= 11 is 0. The molecule has 1 aliphatic carbocycles. The minimum absolute atomic E-state index is 0.172. The largest absolute Gasteiger partial charge is 0.339 e. The molecule has 2 amide bonds. The molecule has 1 aliphatic heterocycles. The van der Waals surface area contributed by atoms with Crippen LogP contribution >= 0.6 is 0 Å². The highest BCUT2D eigenvalue weighted by molar-refractivity contribution is 6.05. The monoisotopic (exact) mass is 474 g/mol. The SMILES string of the molecule is CCN1C(=O)C(NC(=O)c2cccc(C)c2)[C@@H](c2ccc(F)cc2)c2c(C)nn(C3CCCC3)c21. The van der Waals surface area contributed by atoms with E-state index in [0.717, 1.165) is 53.9 Å². The van der Waals surface area contributed by atoms with E-state index in [4.69, 9.17) is 5.10 Å². The van der Waals surface area contributed by atoms with Gasteiger partial charge in [0.25, 0.3) is 11.8 Å². The zero-order chi connectivity index (χ0) is 24.7. The standard InChI is InChI=1S/C28H31FN4O2/c1-4-32-27-23(18(3)31-33(27)22-10-5-6-11-22)24(19-12-14-21(29)15-13-19)25(28(32)35)30-26(34)20-9-7-8-17(2)16-20/h7-9,12-16,22,24-25H,4-6,10-11H2,1-3H3,(H,30,34)/t24-,25?/m0/s1. The highest BCUT2D eigenvalue weighted by Crippen LogP contribution is 2.45. The summed E-state index contributed by atoms with van der Waals surface area (Å²) in [6.07, 6.45) is 4.37. The molecule has 0 radical (unpaired) electrons.